The molecule has 8 aromatic rings. The highest BCUT2D eigenvalue weighted by Gasteiger charge is 2.32. The van der Waals surface area contributed by atoms with Crippen LogP contribution in [0.25, 0.3) is 32.2 Å². The van der Waals surface area contributed by atoms with E-state index >= 15 is 0 Å². The summed E-state index contributed by atoms with van der Waals surface area (Å²) in [5.41, 5.74) is 15.2. The number of carbonyl (C=O) groups excluding carboxylic acids is 2. The fraction of sp³-hybridized carbons (Fsp3) is 0.192. The summed E-state index contributed by atoms with van der Waals surface area (Å²) in [6.45, 7) is 14.6. The molecule has 364 valence electrons. The molecule has 0 aliphatic carbocycles. The van der Waals surface area contributed by atoms with Gasteiger partial charge in [-0.3, -0.25) is 23.9 Å². The van der Waals surface area contributed by atoms with Gasteiger partial charge < -0.3 is 45.3 Å². The van der Waals surface area contributed by atoms with Crippen molar-refractivity contribution in [3.63, 3.8) is 0 Å². The third-order valence-corrected chi connectivity index (χ3v) is 11.4. The smallest absolute Gasteiger partial charge is 0.271 e. The molecule has 2 aliphatic rings. The number of benzene rings is 2. The molecule has 2 aliphatic heterocycles. The summed E-state index contributed by atoms with van der Waals surface area (Å²) >= 11 is 6.17. The van der Waals surface area contributed by atoms with Gasteiger partial charge in [-0.15, -0.1) is 9.97 Å². The van der Waals surface area contributed by atoms with E-state index in [9.17, 15) is 9.59 Å². The normalized spacial score (nSPS) is 12.0. The number of hydrogen-bond donors (Lipinski definition) is 3. The highest BCUT2D eigenvalue weighted by atomic mass is 35.5. The lowest BCUT2D eigenvalue weighted by Crippen LogP contribution is -2.18. The number of nitrogens with zero attached hydrogens (tertiary/aromatic N) is 12. The molecular weight excluding hydrogens is 934 g/mol. The lowest BCUT2D eigenvalue weighted by molar-refractivity contribution is 0.0809. The van der Waals surface area contributed by atoms with E-state index in [2.05, 4.69) is 45.5 Å². The van der Waals surface area contributed by atoms with Crippen LogP contribution in [0.5, 0.6) is 11.5 Å². The van der Waals surface area contributed by atoms with Gasteiger partial charge in [0.25, 0.3) is 23.5 Å². The number of aryl methyl sites for hydroxylation is 2. The van der Waals surface area contributed by atoms with E-state index in [1.165, 1.54) is 0 Å². The second-order valence-corrected chi connectivity index (χ2v) is 16.6. The van der Waals surface area contributed by atoms with Crippen molar-refractivity contribution in [2.75, 3.05) is 44.7 Å². The standard InChI is InChI=1S/C26H23N7O2.C19H18ClN5O2.C6H5N3.CH4/c1-27-23-10-5-7-16(29-23)13-17-14-21(24-22(28-17)15-32(2)26(24)34)30-20-9-6-8-18(25(20)35-4)19-11-12-33(3)31-19;1-24-10-15-17(19(24)26)14(9-16(20)22-15)21-13-6-4-5-11(18(13)27-3)12-7-8-25(2)23-12;1-8-6-4-2-3-5(7)9-6;/h5-12,14H,13,15H2,2-4H3,(H,28,30);4-9H,10H2,1-3H3,(H,21,22);2-4H,(H2,7,9);1H4. The van der Waals surface area contributed by atoms with Crippen LogP contribution in [-0.4, -0.2) is 89.4 Å². The molecule has 0 radical (unpaired) electrons. The number of hydrogen-bond acceptors (Lipinski definition) is 13. The van der Waals surface area contributed by atoms with E-state index in [1.807, 2.05) is 93.2 Å². The highest BCUT2D eigenvalue weighted by molar-refractivity contribution is 6.30. The number of methoxy groups -OCH3 is 2. The number of halogens is 1. The summed E-state index contributed by atoms with van der Waals surface area (Å²) < 4.78 is 14.9. The Morgan fingerprint density at radius 2 is 1.11 bits per heavy atom. The van der Waals surface area contributed by atoms with E-state index in [4.69, 9.17) is 44.9 Å². The maximum Gasteiger partial charge on any atom is 0.271 e. The number of para-hydroxylation sites is 2. The van der Waals surface area contributed by atoms with Crippen molar-refractivity contribution in [2.45, 2.75) is 26.9 Å². The molecule has 0 unspecified atom stereocenters. The molecule has 0 bridgehead atoms. The molecule has 10 rings (SSSR count). The number of aromatic nitrogens is 8. The average Bonchev–Trinajstić information content (AvgIpc) is 4.14. The van der Waals surface area contributed by atoms with Gasteiger partial charge in [-0.2, -0.15) is 10.2 Å². The zero-order chi connectivity index (χ0) is 50.3. The van der Waals surface area contributed by atoms with Gasteiger partial charge in [0.1, 0.15) is 10.8 Å². The number of fused-ring (bicyclic) bond motifs is 2. The van der Waals surface area contributed by atoms with Gasteiger partial charge in [-0.05, 0) is 66.7 Å². The predicted octanol–water partition coefficient (Wildman–Crippen LogP) is 9.68. The summed E-state index contributed by atoms with van der Waals surface area (Å²) in [7, 11) is 10.5. The molecule has 0 spiro atoms. The Labute approximate surface area is 421 Å². The number of rotatable bonds is 10. The first kappa shape index (κ1) is 50.5. The number of amides is 2. The maximum atomic E-state index is 13.0. The summed E-state index contributed by atoms with van der Waals surface area (Å²) in [5.74, 6) is 2.16. The Kier molecular flexibility index (Phi) is 15.4. The fourth-order valence-electron chi connectivity index (χ4n) is 8.02. The second-order valence-electron chi connectivity index (χ2n) is 16.2. The lowest BCUT2D eigenvalue weighted by atomic mass is 10.1. The van der Waals surface area contributed by atoms with Crippen molar-refractivity contribution in [1.82, 2.24) is 49.3 Å². The van der Waals surface area contributed by atoms with Gasteiger partial charge in [0.15, 0.2) is 11.5 Å². The van der Waals surface area contributed by atoms with Crippen LogP contribution in [-0.2, 0) is 33.6 Å². The second kappa shape index (κ2) is 22.0. The summed E-state index contributed by atoms with van der Waals surface area (Å²) in [6.07, 6.45) is 4.19. The van der Waals surface area contributed by atoms with E-state index in [0.717, 1.165) is 33.9 Å². The summed E-state index contributed by atoms with van der Waals surface area (Å²) in [4.78, 5) is 52.4. The van der Waals surface area contributed by atoms with Crippen LogP contribution in [0.3, 0.4) is 0 Å². The van der Waals surface area contributed by atoms with Gasteiger partial charge in [0.05, 0.1) is 96.1 Å². The average molecular weight is 985 g/mol. The van der Waals surface area contributed by atoms with Crippen molar-refractivity contribution in [3.05, 3.63) is 171 Å². The Hall–Kier alpha value is -9.33. The Balaban J connectivity index is 0.000000182. The molecule has 6 aromatic heterocycles. The first-order valence-corrected chi connectivity index (χ1v) is 22.2. The van der Waals surface area contributed by atoms with Crippen molar-refractivity contribution in [1.29, 1.82) is 0 Å². The van der Waals surface area contributed by atoms with Crippen molar-refractivity contribution in [2.24, 2.45) is 14.1 Å². The molecule has 72 heavy (non-hydrogen) atoms. The minimum absolute atomic E-state index is 0. The fourth-order valence-corrected chi connectivity index (χ4v) is 8.24. The van der Waals surface area contributed by atoms with Crippen LogP contribution in [0.4, 0.5) is 40.2 Å². The number of nitrogen functional groups attached to an aromatic ring is 1. The predicted molar refractivity (Wildman–Crippen MR) is 277 cm³/mol. The third kappa shape index (κ3) is 10.9. The molecule has 2 amide bonds. The molecule has 4 N–H and O–H groups in total. The Morgan fingerprint density at radius 1 is 0.625 bits per heavy atom. The lowest BCUT2D eigenvalue weighted by Gasteiger charge is -2.16. The van der Waals surface area contributed by atoms with Crippen LogP contribution in [0.1, 0.15) is 50.9 Å². The van der Waals surface area contributed by atoms with E-state index in [-0.39, 0.29) is 19.2 Å². The van der Waals surface area contributed by atoms with Crippen LogP contribution < -0.4 is 25.8 Å². The van der Waals surface area contributed by atoms with E-state index in [1.54, 1.807) is 77.8 Å². The highest BCUT2D eigenvalue weighted by Crippen LogP contribution is 2.41. The molecule has 0 saturated heterocycles. The molecule has 8 heterocycles. The largest absolute Gasteiger partial charge is 0.494 e. The van der Waals surface area contributed by atoms with Crippen molar-refractivity contribution in [3.8, 4) is 34.0 Å². The topological polar surface area (TPSA) is 205 Å². The summed E-state index contributed by atoms with van der Waals surface area (Å²) in [6, 6.07) is 29.2. The van der Waals surface area contributed by atoms with E-state index < -0.39 is 0 Å². The number of carbonyl (C=O) groups is 2. The van der Waals surface area contributed by atoms with Gasteiger partial charge in [0.2, 0.25) is 5.82 Å². The zero-order valence-corrected chi connectivity index (χ0v) is 40.2. The molecule has 0 saturated carbocycles. The Morgan fingerprint density at radius 3 is 1.58 bits per heavy atom. The first-order valence-electron chi connectivity index (χ1n) is 21.8. The van der Waals surface area contributed by atoms with Crippen LogP contribution in [0.15, 0.2) is 109 Å². The zero-order valence-electron chi connectivity index (χ0n) is 39.5. The maximum absolute atomic E-state index is 13.0. The van der Waals surface area contributed by atoms with Crippen LogP contribution >= 0.6 is 11.6 Å². The number of nitrogens with one attached hydrogen (secondary N) is 2. The van der Waals surface area contributed by atoms with Gasteiger partial charge in [-0.1, -0.05) is 56.4 Å². The first-order chi connectivity index (χ1) is 34.3. The number of pyridine rings is 4. The molecule has 20 heteroatoms. The minimum Gasteiger partial charge on any atom is -0.494 e. The molecule has 2 aromatic carbocycles. The Bertz CT molecular complexity index is 3410. The van der Waals surface area contributed by atoms with Crippen molar-refractivity contribution < 1.29 is 19.1 Å². The third-order valence-electron chi connectivity index (χ3n) is 11.2. The van der Waals surface area contributed by atoms with Crippen LogP contribution in [0, 0.1) is 13.1 Å². The van der Waals surface area contributed by atoms with Gasteiger partial charge in [-0.25, -0.2) is 4.98 Å². The quantitative estimate of drug-likeness (QED) is 0.0863. The van der Waals surface area contributed by atoms with E-state index in [0.29, 0.717) is 98.9 Å². The minimum atomic E-state index is -0.0884. The molecule has 0 atom stereocenters. The number of anilines is 5. The SMILES string of the molecule is C.COc1c(Nc2cc(Cl)nc3c2C(=O)N(C)C3)cccc1-c1ccn(C)n1.[C-]#[N+]c1cccc(Cc2cc(Nc3cccc(-c4ccn(C)n4)c3OC)c3c(n2)CN(C)C3=O)n1.[C-]#[N+]c1cccc(N)n1. The molecule has 0 fully saturated rings. The van der Waals surface area contributed by atoms with Crippen molar-refractivity contribution >= 4 is 63.6 Å². The summed E-state index contributed by atoms with van der Waals surface area (Å²) in [5, 5.41) is 16.0. The number of ether oxygens (including phenoxy) is 2. The van der Waals surface area contributed by atoms with Gasteiger partial charge >= 0.3 is 0 Å². The van der Waals surface area contributed by atoms with Crippen LogP contribution in [0.2, 0.25) is 5.15 Å². The monoisotopic (exact) mass is 983 g/mol. The molecular formula is C52H50ClN15O4. The molecule has 19 nitrogen and oxygen atoms in total. The number of nitrogens with two attached hydrogens (primary N) is 1. The van der Waals surface area contributed by atoms with Gasteiger partial charge in [0, 0.05) is 57.8 Å².